The number of aryl methyl sites for hydroxylation is 3. The van der Waals surface area contributed by atoms with E-state index < -0.39 is 12.0 Å². The fourth-order valence-corrected chi connectivity index (χ4v) is 3.81. The second kappa shape index (κ2) is 9.00. The molecule has 0 saturated carbocycles. The van der Waals surface area contributed by atoms with Crippen molar-refractivity contribution in [1.82, 2.24) is 34.5 Å². The SMILES string of the molecule is Cc1cc(NC(=O)CN2CCN(C(=O)Cc3c(C)nc4nc(C(F)(F)F)nn4c3C)CC2)no1. The van der Waals surface area contributed by atoms with Gasteiger partial charge in [0.05, 0.1) is 13.0 Å². The minimum atomic E-state index is -4.69. The minimum Gasteiger partial charge on any atom is -0.360 e. The summed E-state index contributed by atoms with van der Waals surface area (Å²) in [5.74, 6) is -0.902. The van der Waals surface area contributed by atoms with E-state index >= 15 is 0 Å². The molecule has 2 amide bonds. The van der Waals surface area contributed by atoms with Crippen LogP contribution in [0.15, 0.2) is 10.6 Å². The Kier molecular flexibility index (Phi) is 6.25. The number of carbonyl (C=O) groups excluding carboxylic acids is 2. The average molecular weight is 480 g/mol. The van der Waals surface area contributed by atoms with Gasteiger partial charge in [-0.15, -0.1) is 5.10 Å². The van der Waals surface area contributed by atoms with Crippen LogP contribution in [0.3, 0.4) is 0 Å². The lowest BCUT2D eigenvalue weighted by atomic mass is 10.1. The molecule has 34 heavy (non-hydrogen) atoms. The van der Waals surface area contributed by atoms with Crippen LogP contribution in [-0.2, 0) is 22.2 Å². The smallest absolute Gasteiger partial charge is 0.360 e. The van der Waals surface area contributed by atoms with E-state index in [9.17, 15) is 22.8 Å². The fraction of sp³-hybridized carbons (Fsp3) is 0.500. The lowest BCUT2D eigenvalue weighted by Crippen LogP contribution is -2.50. The van der Waals surface area contributed by atoms with Crippen LogP contribution in [0.25, 0.3) is 5.78 Å². The Labute approximate surface area is 191 Å². The summed E-state index contributed by atoms with van der Waals surface area (Å²) in [6, 6.07) is 1.62. The molecular formula is C20H23F3N8O3. The zero-order chi connectivity index (χ0) is 24.6. The largest absolute Gasteiger partial charge is 0.453 e. The molecule has 182 valence electrons. The van der Waals surface area contributed by atoms with Gasteiger partial charge in [-0.25, -0.2) is 9.50 Å². The average Bonchev–Trinajstić information content (AvgIpc) is 3.37. The van der Waals surface area contributed by atoms with Crippen molar-refractivity contribution >= 4 is 23.4 Å². The first-order valence-electron chi connectivity index (χ1n) is 10.5. The summed E-state index contributed by atoms with van der Waals surface area (Å²) in [6.07, 6.45) is -4.71. The number of nitrogens with one attached hydrogen (secondary N) is 1. The lowest BCUT2D eigenvalue weighted by molar-refractivity contribution is -0.144. The van der Waals surface area contributed by atoms with E-state index in [4.69, 9.17) is 4.52 Å². The summed E-state index contributed by atoms with van der Waals surface area (Å²) < 4.78 is 44.8. The van der Waals surface area contributed by atoms with E-state index in [1.54, 1.807) is 31.7 Å². The van der Waals surface area contributed by atoms with Gasteiger partial charge in [-0.2, -0.15) is 18.2 Å². The van der Waals surface area contributed by atoms with Gasteiger partial charge in [0.1, 0.15) is 5.76 Å². The van der Waals surface area contributed by atoms with Crippen molar-refractivity contribution in [1.29, 1.82) is 0 Å². The Morgan fingerprint density at radius 1 is 1.12 bits per heavy atom. The number of aromatic nitrogens is 5. The van der Waals surface area contributed by atoms with Gasteiger partial charge < -0.3 is 14.7 Å². The molecule has 0 aromatic carbocycles. The third-order valence-corrected chi connectivity index (χ3v) is 5.62. The fourth-order valence-electron chi connectivity index (χ4n) is 3.81. The number of alkyl halides is 3. The molecule has 0 spiro atoms. The molecule has 11 nitrogen and oxygen atoms in total. The molecule has 1 saturated heterocycles. The van der Waals surface area contributed by atoms with Crippen molar-refractivity contribution in [2.45, 2.75) is 33.4 Å². The maximum Gasteiger partial charge on any atom is 0.453 e. The molecule has 1 fully saturated rings. The number of rotatable bonds is 5. The maximum atomic E-state index is 13.0. The minimum absolute atomic E-state index is 0.0200. The highest BCUT2D eigenvalue weighted by molar-refractivity contribution is 5.91. The first-order valence-corrected chi connectivity index (χ1v) is 10.5. The summed E-state index contributed by atoms with van der Waals surface area (Å²) in [5, 5.41) is 9.89. The van der Waals surface area contributed by atoms with Crippen LogP contribution in [0.5, 0.6) is 0 Å². The van der Waals surface area contributed by atoms with Gasteiger partial charge in [0.25, 0.3) is 11.6 Å². The summed E-state index contributed by atoms with van der Waals surface area (Å²) in [5.41, 5.74) is 1.33. The summed E-state index contributed by atoms with van der Waals surface area (Å²) in [6.45, 7) is 6.95. The Hall–Kier alpha value is -3.55. The van der Waals surface area contributed by atoms with Gasteiger partial charge in [-0.1, -0.05) is 5.16 Å². The highest BCUT2D eigenvalue weighted by Gasteiger charge is 2.37. The number of nitrogens with zero attached hydrogens (tertiary/aromatic N) is 7. The van der Waals surface area contributed by atoms with E-state index in [1.807, 2.05) is 4.90 Å². The molecule has 1 aliphatic heterocycles. The predicted octanol–water partition coefficient (Wildman–Crippen LogP) is 1.38. The first kappa shape index (κ1) is 23.6. The molecular weight excluding hydrogens is 457 g/mol. The van der Waals surface area contributed by atoms with Gasteiger partial charge in [0.2, 0.25) is 11.8 Å². The van der Waals surface area contributed by atoms with Crippen LogP contribution in [0, 0.1) is 20.8 Å². The molecule has 1 aliphatic rings. The second-order valence-corrected chi connectivity index (χ2v) is 8.11. The first-order chi connectivity index (χ1) is 16.0. The Morgan fingerprint density at radius 2 is 1.82 bits per heavy atom. The Balaban J connectivity index is 1.36. The van der Waals surface area contributed by atoms with Crippen LogP contribution < -0.4 is 5.32 Å². The number of piperazine rings is 1. The topological polar surface area (TPSA) is 122 Å². The standard InChI is InChI=1S/C20H23F3N8O3/c1-11-8-15(28-34-11)25-16(32)10-29-4-6-30(7-5-29)17(33)9-14-12(2)24-19-26-18(20(21,22)23)27-31(19)13(14)3/h8H,4-7,9-10H2,1-3H3,(H,25,28,32). The highest BCUT2D eigenvalue weighted by Crippen LogP contribution is 2.27. The van der Waals surface area contributed by atoms with Crippen molar-refractivity contribution in [3.63, 3.8) is 0 Å². The number of hydrogen-bond acceptors (Lipinski definition) is 8. The van der Waals surface area contributed by atoms with Crippen molar-refractivity contribution in [3.8, 4) is 0 Å². The molecule has 4 rings (SSSR count). The van der Waals surface area contributed by atoms with Crippen LogP contribution >= 0.6 is 0 Å². The zero-order valence-electron chi connectivity index (χ0n) is 18.8. The summed E-state index contributed by atoms with van der Waals surface area (Å²) in [7, 11) is 0. The van der Waals surface area contributed by atoms with E-state index in [0.717, 1.165) is 4.52 Å². The number of anilines is 1. The molecule has 0 unspecified atom stereocenters. The van der Waals surface area contributed by atoms with Gasteiger partial charge in [-0.3, -0.25) is 14.5 Å². The number of amides is 2. The summed E-state index contributed by atoms with van der Waals surface area (Å²) in [4.78, 5) is 36.2. The third kappa shape index (κ3) is 5.00. The van der Waals surface area contributed by atoms with E-state index in [1.165, 1.54) is 0 Å². The van der Waals surface area contributed by atoms with E-state index in [-0.39, 0.29) is 30.6 Å². The zero-order valence-corrected chi connectivity index (χ0v) is 18.8. The molecule has 1 N–H and O–H groups in total. The van der Waals surface area contributed by atoms with Gasteiger partial charge >= 0.3 is 6.18 Å². The van der Waals surface area contributed by atoms with Crippen LogP contribution in [0.2, 0.25) is 0 Å². The second-order valence-electron chi connectivity index (χ2n) is 8.11. The molecule has 0 bridgehead atoms. The van der Waals surface area contributed by atoms with Gasteiger partial charge in [-0.05, 0) is 20.8 Å². The number of fused-ring (bicyclic) bond motifs is 1. The highest BCUT2D eigenvalue weighted by atomic mass is 19.4. The van der Waals surface area contributed by atoms with Crippen LogP contribution in [0.1, 0.15) is 28.5 Å². The molecule has 0 atom stereocenters. The van der Waals surface area contributed by atoms with Crippen molar-refractivity contribution in [2.24, 2.45) is 0 Å². The third-order valence-electron chi connectivity index (χ3n) is 5.62. The summed E-state index contributed by atoms with van der Waals surface area (Å²) >= 11 is 0. The molecule has 0 radical (unpaired) electrons. The molecule has 4 heterocycles. The predicted molar refractivity (Wildman–Crippen MR) is 112 cm³/mol. The van der Waals surface area contributed by atoms with Crippen molar-refractivity contribution < 1.29 is 27.3 Å². The van der Waals surface area contributed by atoms with Crippen LogP contribution in [0.4, 0.5) is 19.0 Å². The number of carbonyl (C=O) groups is 2. The Morgan fingerprint density at radius 3 is 2.44 bits per heavy atom. The lowest BCUT2D eigenvalue weighted by Gasteiger charge is -2.34. The molecule has 0 aliphatic carbocycles. The van der Waals surface area contributed by atoms with Gasteiger partial charge in [0.15, 0.2) is 5.82 Å². The molecule has 14 heteroatoms. The van der Waals surface area contributed by atoms with E-state index in [2.05, 4.69) is 25.5 Å². The maximum absolute atomic E-state index is 13.0. The normalized spacial score (nSPS) is 15.2. The van der Waals surface area contributed by atoms with Gasteiger partial charge in [0, 0.05) is 49.2 Å². The van der Waals surface area contributed by atoms with Crippen molar-refractivity contribution in [2.75, 3.05) is 38.0 Å². The molecule has 3 aromatic rings. The quantitative estimate of drug-likeness (QED) is 0.581. The molecule has 3 aromatic heterocycles. The monoisotopic (exact) mass is 480 g/mol. The van der Waals surface area contributed by atoms with Crippen LogP contribution in [-0.4, -0.2) is 79.1 Å². The Bertz CT molecular complexity index is 1230. The number of hydrogen-bond donors (Lipinski definition) is 1. The number of halogens is 3. The van der Waals surface area contributed by atoms with E-state index in [0.29, 0.717) is 54.7 Å². The van der Waals surface area contributed by atoms with Crippen molar-refractivity contribution in [3.05, 3.63) is 34.6 Å².